The maximum Gasteiger partial charge on any atom is 0.342 e. The topological polar surface area (TPSA) is 54.0 Å². The number of carbonyl (C=O) groups excluding carboxylic acids is 1. The van der Waals surface area contributed by atoms with Gasteiger partial charge in [-0.2, -0.15) is 0 Å². The molecule has 0 unspecified atom stereocenters. The molecular weight excluding hydrogens is 396 g/mol. The fraction of sp³-hybridized carbons (Fsp3) is 0.375. The molecule has 0 aromatic heterocycles. The molecule has 2 aromatic rings. The average molecular weight is 429 g/mol. The molecule has 0 aliphatic rings. The summed E-state index contributed by atoms with van der Waals surface area (Å²) in [6, 6.07) is 11.4. The maximum atomic E-state index is 12.3. The third kappa shape index (κ3) is 5.45. The smallest absolute Gasteiger partial charge is 0.342 e. The summed E-state index contributed by atoms with van der Waals surface area (Å²) in [5.74, 6) is 1.37. The van der Waals surface area contributed by atoms with Gasteiger partial charge in [-0.05, 0) is 47.5 Å². The lowest BCUT2D eigenvalue weighted by Crippen LogP contribution is -2.43. The molecule has 0 aliphatic heterocycles. The summed E-state index contributed by atoms with van der Waals surface area (Å²) in [6.07, 6.45) is 3.78. The highest BCUT2D eigenvalue weighted by molar-refractivity contribution is 6.74. The van der Waals surface area contributed by atoms with Crippen LogP contribution in [-0.2, 0) is 4.74 Å². The first kappa shape index (κ1) is 23.5. The first-order chi connectivity index (χ1) is 14.0. The predicted molar refractivity (Wildman–Crippen MR) is 124 cm³/mol. The first-order valence-corrected chi connectivity index (χ1v) is 12.7. The molecule has 0 fully saturated rings. The highest BCUT2D eigenvalue weighted by Crippen LogP contribution is 2.37. The summed E-state index contributed by atoms with van der Waals surface area (Å²) >= 11 is 0. The molecule has 0 bridgehead atoms. The van der Waals surface area contributed by atoms with E-state index in [0.29, 0.717) is 22.6 Å². The van der Waals surface area contributed by atoms with Crippen molar-refractivity contribution in [2.45, 2.75) is 38.9 Å². The third-order valence-electron chi connectivity index (χ3n) is 5.44. The molecule has 0 aliphatic carbocycles. The molecule has 0 radical (unpaired) electrons. The molecular formula is C24H32O5Si. The largest absolute Gasteiger partial charge is 0.543 e. The molecule has 162 valence electrons. The Labute approximate surface area is 180 Å². The van der Waals surface area contributed by atoms with E-state index in [1.165, 1.54) is 14.2 Å². The van der Waals surface area contributed by atoms with Crippen LogP contribution in [0.4, 0.5) is 0 Å². The highest BCUT2D eigenvalue weighted by atomic mass is 28.4. The van der Waals surface area contributed by atoms with E-state index in [0.717, 1.165) is 11.3 Å². The number of benzene rings is 2. The number of ether oxygens (including phenoxy) is 3. The lowest BCUT2D eigenvalue weighted by atomic mass is 10.0. The molecule has 5 nitrogen and oxygen atoms in total. The van der Waals surface area contributed by atoms with Gasteiger partial charge < -0.3 is 18.6 Å². The van der Waals surface area contributed by atoms with Crippen molar-refractivity contribution in [1.82, 2.24) is 0 Å². The molecule has 2 aromatic carbocycles. The van der Waals surface area contributed by atoms with Crippen molar-refractivity contribution in [3.05, 3.63) is 53.1 Å². The van der Waals surface area contributed by atoms with Crippen molar-refractivity contribution in [2.24, 2.45) is 0 Å². The average Bonchev–Trinajstić information content (AvgIpc) is 2.69. The Balaban J connectivity index is 2.42. The van der Waals surface area contributed by atoms with Crippen LogP contribution in [0.1, 0.15) is 42.3 Å². The molecule has 6 heteroatoms. The molecule has 0 saturated carbocycles. The fourth-order valence-electron chi connectivity index (χ4n) is 2.66. The van der Waals surface area contributed by atoms with Crippen LogP contribution in [0.3, 0.4) is 0 Å². The van der Waals surface area contributed by atoms with E-state index in [1.54, 1.807) is 19.2 Å². The Morgan fingerprint density at radius 1 is 0.933 bits per heavy atom. The minimum Gasteiger partial charge on any atom is -0.543 e. The zero-order valence-corrected chi connectivity index (χ0v) is 20.2. The van der Waals surface area contributed by atoms with Gasteiger partial charge in [0.25, 0.3) is 0 Å². The van der Waals surface area contributed by atoms with Crippen LogP contribution in [0.25, 0.3) is 12.2 Å². The van der Waals surface area contributed by atoms with Gasteiger partial charge in [-0.25, -0.2) is 4.79 Å². The number of methoxy groups -OCH3 is 3. The monoisotopic (exact) mass is 428 g/mol. The standard InChI is InChI=1S/C24H32O5Si/c1-24(2,3)30(7,8)29-19-11-9-10-17(14-19)12-13-18-15-20(26-4)16-21(27-5)22(18)23(25)28-6/h9-16H,1-8H3/b13-12+. The van der Waals surface area contributed by atoms with Crippen LogP contribution < -0.4 is 13.9 Å². The zero-order valence-electron chi connectivity index (χ0n) is 19.2. The van der Waals surface area contributed by atoms with E-state index < -0.39 is 14.3 Å². The van der Waals surface area contributed by atoms with Gasteiger partial charge in [0.1, 0.15) is 22.8 Å². The molecule has 0 heterocycles. The van der Waals surface area contributed by atoms with Crippen LogP contribution in [0.2, 0.25) is 18.1 Å². The number of carbonyl (C=O) groups is 1. The van der Waals surface area contributed by atoms with E-state index in [1.807, 2.05) is 36.4 Å². The van der Waals surface area contributed by atoms with Gasteiger partial charge in [0.2, 0.25) is 8.32 Å². The Bertz CT molecular complexity index is 926. The lowest BCUT2D eigenvalue weighted by molar-refractivity contribution is 0.0597. The quantitative estimate of drug-likeness (QED) is 0.305. The Hall–Kier alpha value is -2.73. The Morgan fingerprint density at radius 2 is 1.63 bits per heavy atom. The second-order valence-electron chi connectivity index (χ2n) is 8.55. The normalized spacial score (nSPS) is 12.0. The molecule has 0 amide bonds. The van der Waals surface area contributed by atoms with Crippen molar-refractivity contribution in [2.75, 3.05) is 21.3 Å². The molecule has 0 spiro atoms. The molecule has 0 N–H and O–H groups in total. The number of rotatable bonds is 7. The predicted octanol–water partition coefficient (Wildman–Crippen LogP) is 6.04. The van der Waals surface area contributed by atoms with Gasteiger partial charge in [0.05, 0.1) is 21.3 Å². The third-order valence-corrected chi connectivity index (χ3v) is 9.80. The Morgan fingerprint density at radius 3 is 2.20 bits per heavy atom. The van der Waals surface area contributed by atoms with Crippen molar-refractivity contribution in [1.29, 1.82) is 0 Å². The minimum absolute atomic E-state index is 0.116. The summed E-state index contributed by atoms with van der Waals surface area (Å²) in [5.41, 5.74) is 1.96. The van der Waals surface area contributed by atoms with Crippen LogP contribution in [0.5, 0.6) is 17.2 Å². The van der Waals surface area contributed by atoms with Gasteiger partial charge in [-0.15, -0.1) is 0 Å². The van der Waals surface area contributed by atoms with Crippen LogP contribution >= 0.6 is 0 Å². The molecule has 2 rings (SSSR count). The van der Waals surface area contributed by atoms with Crippen molar-refractivity contribution < 1.29 is 23.4 Å². The van der Waals surface area contributed by atoms with Gasteiger partial charge in [-0.3, -0.25) is 0 Å². The second kappa shape index (κ2) is 9.39. The SMILES string of the molecule is COC(=O)c1c(/C=C/c2cccc(O[Si](C)(C)C(C)(C)C)c2)cc(OC)cc1OC. The van der Waals surface area contributed by atoms with E-state index in [2.05, 4.69) is 33.9 Å². The van der Waals surface area contributed by atoms with E-state index in [4.69, 9.17) is 18.6 Å². The number of hydrogen-bond acceptors (Lipinski definition) is 5. The highest BCUT2D eigenvalue weighted by Gasteiger charge is 2.38. The first-order valence-electron chi connectivity index (χ1n) is 9.84. The summed E-state index contributed by atoms with van der Waals surface area (Å²) in [7, 11) is 2.50. The van der Waals surface area contributed by atoms with Crippen LogP contribution in [-0.4, -0.2) is 35.6 Å². The molecule has 30 heavy (non-hydrogen) atoms. The van der Waals surface area contributed by atoms with E-state index in [9.17, 15) is 4.79 Å². The van der Waals surface area contributed by atoms with Crippen molar-refractivity contribution >= 4 is 26.4 Å². The minimum atomic E-state index is -1.93. The lowest BCUT2D eigenvalue weighted by Gasteiger charge is -2.36. The van der Waals surface area contributed by atoms with Gasteiger partial charge in [-0.1, -0.05) is 45.1 Å². The molecule has 0 saturated heterocycles. The van der Waals surface area contributed by atoms with Crippen LogP contribution in [0, 0.1) is 0 Å². The fourth-order valence-corrected chi connectivity index (χ4v) is 3.68. The summed E-state index contributed by atoms with van der Waals surface area (Å²) in [4.78, 5) is 12.3. The van der Waals surface area contributed by atoms with E-state index in [-0.39, 0.29) is 5.04 Å². The summed E-state index contributed by atoms with van der Waals surface area (Å²) < 4.78 is 22.1. The number of hydrogen-bond donors (Lipinski definition) is 0. The Kier molecular flexibility index (Phi) is 7.37. The number of esters is 1. The van der Waals surface area contributed by atoms with Crippen molar-refractivity contribution in [3.8, 4) is 17.2 Å². The summed E-state index contributed by atoms with van der Waals surface area (Å²) in [5, 5.41) is 0.116. The van der Waals surface area contributed by atoms with Gasteiger partial charge in [0.15, 0.2) is 0 Å². The zero-order chi connectivity index (χ0) is 22.5. The maximum absolute atomic E-state index is 12.3. The second-order valence-corrected chi connectivity index (χ2v) is 13.3. The summed E-state index contributed by atoms with van der Waals surface area (Å²) in [6.45, 7) is 11.1. The van der Waals surface area contributed by atoms with Crippen LogP contribution in [0.15, 0.2) is 36.4 Å². The molecule has 0 atom stereocenters. The van der Waals surface area contributed by atoms with Gasteiger partial charge in [0, 0.05) is 6.07 Å². The van der Waals surface area contributed by atoms with Crippen molar-refractivity contribution in [3.63, 3.8) is 0 Å². The van der Waals surface area contributed by atoms with E-state index >= 15 is 0 Å². The van der Waals surface area contributed by atoms with Gasteiger partial charge >= 0.3 is 5.97 Å².